The van der Waals surface area contributed by atoms with Gasteiger partial charge in [0.1, 0.15) is 17.6 Å². The molecule has 0 aromatic carbocycles. The first-order valence-corrected chi connectivity index (χ1v) is 10.1. The molecule has 2 heterocycles. The second kappa shape index (κ2) is 14.8. The third kappa shape index (κ3) is 11.5. The molecule has 1 aromatic rings. The summed E-state index contributed by atoms with van der Waals surface area (Å²) in [5.41, 5.74) is 5.49. The Bertz CT molecular complexity index is 839. The Kier molecular flexibility index (Phi) is 12.5. The molecule has 34 heavy (non-hydrogen) atoms. The van der Waals surface area contributed by atoms with Crippen molar-refractivity contribution in [2.75, 3.05) is 44.8 Å². The number of pyridine rings is 1. The maximum absolute atomic E-state index is 12.3. The van der Waals surface area contributed by atoms with E-state index in [2.05, 4.69) is 20.9 Å². The Morgan fingerprint density at radius 2 is 1.82 bits per heavy atom. The van der Waals surface area contributed by atoms with E-state index in [1.807, 2.05) is 0 Å². The van der Waals surface area contributed by atoms with Gasteiger partial charge >= 0.3 is 12.1 Å². The number of amides is 3. The third-order valence-electron chi connectivity index (χ3n) is 3.96. The predicted molar refractivity (Wildman–Crippen MR) is 111 cm³/mol. The number of carboxylic acids is 1. The summed E-state index contributed by atoms with van der Waals surface area (Å²) >= 11 is 0. The number of imide groups is 1. The standard InChI is InChI=1S/C17H25N5O5.C2HF3O2/c18-6-8-26-10-11-27-9-7-19-14-3-1-2-12(20-14)16(24)21-13-4-5-15(23)22-17(13)25;3-2(4,5)1(6)7/h1-3,13H,4-11,18H2,(H,19,20)(H,21,24)(H,22,23,25);(H,6,7). The maximum Gasteiger partial charge on any atom is 0.490 e. The summed E-state index contributed by atoms with van der Waals surface area (Å²) in [4.78, 5) is 48.3. The van der Waals surface area contributed by atoms with Crippen LogP contribution in [-0.2, 0) is 23.9 Å². The summed E-state index contributed by atoms with van der Waals surface area (Å²) in [6, 6.07) is 4.24. The van der Waals surface area contributed by atoms with E-state index in [0.29, 0.717) is 45.3 Å². The second-order valence-electron chi connectivity index (χ2n) is 6.63. The number of carbonyl (C=O) groups is 4. The van der Waals surface area contributed by atoms with Crippen LogP contribution in [-0.4, -0.2) is 85.5 Å². The molecular weight excluding hydrogens is 467 g/mol. The van der Waals surface area contributed by atoms with Crippen molar-refractivity contribution >= 4 is 29.5 Å². The van der Waals surface area contributed by atoms with Gasteiger partial charge in [-0.3, -0.25) is 19.7 Å². The van der Waals surface area contributed by atoms with Gasteiger partial charge in [-0.25, -0.2) is 9.78 Å². The van der Waals surface area contributed by atoms with Crippen LogP contribution in [0, 0.1) is 0 Å². The molecule has 15 heteroatoms. The average molecular weight is 493 g/mol. The minimum atomic E-state index is -5.08. The molecule has 0 bridgehead atoms. The van der Waals surface area contributed by atoms with Crippen molar-refractivity contribution in [3.63, 3.8) is 0 Å². The highest BCUT2D eigenvalue weighted by Gasteiger charge is 2.38. The second-order valence-corrected chi connectivity index (χ2v) is 6.63. The van der Waals surface area contributed by atoms with Crippen LogP contribution in [0.15, 0.2) is 18.2 Å². The van der Waals surface area contributed by atoms with Crippen LogP contribution in [0.5, 0.6) is 0 Å². The summed E-state index contributed by atoms with van der Waals surface area (Å²) in [7, 11) is 0. The fourth-order valence-corrected chi connectivity index (χ4v) is 2.38. The van der Waals surface area contributed by atoms with Crippen molar-refractivity contribution in [1.82, 2.24) is 15.6 Å². The lowest BCUT2D eigenvalue weighted by Gasteiger charge is -2.21. The van der Waals surface area contributed by atoms with Crippen LogP contribution in [0.4, 0.5) is 19.0 Å². The highest BCUT2D eigenvalue weighted by molar-refractivity contribution is 6.03. The van der Waals surface area contributed by atoms with Gasteiger partial charge in [-0.1, -0.05) is 6.07 Å². The molecule has 190 valence electrons. The third-order valence-corrected chi connectivity index (χ3v) is 3.96. The normalized spacial score (nSPS) is 15.6. The number of nitrogens with two attached hydrogens (primary N) is 1. The quantitative estimate of drug-likeness (QED) is 0.202. The van der Waals surface area contributed by atoms with Crippen LogP contribution < -0.4 is 21.7 Å². The van der Waals surface area contributed by atoms with Gasteiger partial charge in [0, 0.05) is 19.5 Å². The molecule has 1 aliphatic rings. The van der Waals surface area contributed by atoms with Crippen LogP contribution in [0.2, 0.25) is 0 Å². The van der Waals surface area contributed by atoms with Crippen molar-refractivity contribution in [3.05, 3.63) is 23.9 Å². The summed E-state index contributed by atoms with van der Waals surface area (Å²) in [5.74, 6) is -3.53. The number of hydrogen-bond acceptors (Lipinski definition) is 9. The Morgan fingerprint density at radius 1 is 1.18 bits per heavy atom. The highest BCUT2D eigenvalue weighted by atomic mass is 19.4. The zero-order chi connectivity index (χ0) is 25.6. The van der Waals surface area contributed by atoms with E-state index in [1.165, 1.54) is 0 Å². The van der Waals surface area contributed by atoms with E-state index < -0.39 is 30.0 Å². The van der Waals surface area contributed by atoms with E-state index in [0.717, 1.165) is 0 Å². The number of halogens is 3. The van der Waals surface area contributed by atoms with Gasteiger partial charge in [-0.15, -0.1) is 0 Å². The molecule has 1 aromatic heterocycles. The van der Waals surface area contributed by atoms with Crippen molar-refractivity contribution in [2.24, 2.45) is 5.73 Å². The number of hydrogen-bond donors (Lipinski definition) is 5. The van der Waals surface area contributed by atoms with Crippen molar-refractivity contribution < 1.29 is 46.9 Å². The number of nitrogens with one attached hydrogen (secondary N) is 3. The molecule has 6 N–H and O–H groups in total. The number of alkyl halides is 3. The molecular formula is C19H26F3N5O7. The Hall–Kier alpha value is -3.30. The molecule has 1 fully saturated rings. The molecule has 1 aliphatic heterocycles. The van der Waals surface area contributed by atoms with Crippen LogP contribution in [0.3, 0.4) is 0 Å². The van der Waals surface area contributed by atoms with Crippen molar-refractivity contribution in [2.45, 2.75) is 25.1 Å². The maximum atomic E-state index is 12.3. The molecule has 0 saturated carbocycles. The number of nitrogens with zero attached hydrogens (tertiary/aromatic N) is 1. The number of anilines is 1. The minimum absolute atomic E-state index is 0.181. The summed E-state index contributed by atoms with van der Waals surface area (Å²) in [5, 5.41) is 15.0. The van der Waals surface area contributed by atoms with Crippen LogP contribution in [0.1, 0.15) is 23.3 Å². The first kappa shape index (κ1) is 28.7. The van der Waals surface area contributed by atoms with Crippen molar-refractivity contribution in [1.29, 1.82) is 0 Å². The molecule has 1 unspecified atom stereocenters. The van der Waals surface area contributed by atoms with Crippen LogP contribution >= 0.6 is 0 Å². The number of piperidine rings is 1. The molecule has 0 spiro atoms. The lowest BCUT2D eigenvalue weighted by molar-refractivity contribution is -0.192. The Morgan fingerprint density at radius 3 is 2.41 bits per heavy atom. The van der Waals surface area contributed by atoms with Crippen LogP contribution in [0.25, 0.3) is 0 Å². The lowest BCUT2D eigenvalue weighted by Crippen LogP contribution is -2.52. The van der Waals surface area contributed by atoms with Gasteiger partial charge in [-0.05, 0) is 18.6 Å². The minimum Gasteiger partial charge on any atom is -0.475 e. The largest absolute Gasteiger partial charge is 0.490 e. The number of carboxylic acid groups (broad SMARTS) is 1. The molecule has 0 radical (unpaired) electrons. The monoisotopic (exact) mass is 493 g/mol. The SMILES string of the molecule is NCCOCCOCCNc1cccc(C(=O)NC2CCC(=O)NC2=O)n1.O=C(O)C(F)(F)F. The van der Waals surface area contributed by atoms with E-state index in [4.69, 9.17) is 25.1 Å². The van der Waals surface area contributed by atoms with E-state index in [9.17, 15) is 27.6 Å². The molecule has 12 nitrogen and oxygen atoms in total. The lowest BCUT2D eigenvalue weighted by atomic mass is 10.1. The Labute approximate surface area is 192 Å². The summed E-state index contributed by atoms with van der Waals surface area (Å²) in [6.07, 6.45) is -4.61. The van der Waals surface area contributed by atoms with Gasteiger partial charge in [0.2, 0.25) is 11.8 Å². The van der Waals surface area contributed by atoms with Gasteiger partial charge in [-0.2, -0.15) is 13.2 Å². The smallest absolute Gasteiger partial charge is 0.475 e. The number of ether oxygens (including phenoxy) is 2. The van der Waals surface area contributed by atoms with Crippen molar-refractivity contribution in [3.8, 4) is 0 Å². The molecule has 0 aliphatic carbocycles. The van der Waals surface area contributed by atoms with Gasteiger partial charge in [0.15, 0.2) is 0 Å². The van der Waals surface area contributed by atoms with Gasteiger partial charge < -0.3 is 30.9 Å². The summed E-state index contributed by atoms with van der Waals surface area (Å²) in [6.45, 7) is 2.94. The molecule has 1 atom stereocenters. The topological polar surface area (TPSA) is 182 Å². The Balaban J connectivity index is 0.000000718. The number of aromatic nitrogens is 1. The first-order chi connectivity index (χ1) is 16.0. The zero-order valence-electron chi connectivity index (χ0n) is 18.0. The molecule has 3 amide bonds. The number of rotatable bonds is 11. The number of aliphatic carboxylic acids is 1. The zero-order valence-corrected chi connectivity index (χ0v) is 18.0. The summed E-state index contributed by atoms with van der Waals surface area (Å²) < 4.78 is 42.3. The fourth-order valence-electron chi connectivity index (χ4n) is 2.38. The van der Waals surface area contributed by atoms with Gasteiger partial charge in [0.05, 0.1) is 26.4 Å². The van der Waals surface area contributed by atoms with E-state index in [-0.39, 0.29) is 24.4 Å². The average Bonchev–Trinajstić information content (AvgIpc) is 2.77. The predicted octanol–water partition coefficient (Wildman–Crippen LogP) is -0.346. The fraction of sp³-hybridized carbons (Fsp3) is 0.526. The number of carbonyl (C=O) groups excluding carboxylic acids is 3. The van der Waals surface area contributed by atoms with E-state index >= 15 is 0 Å². The molecule has 1 saturated heterocycles. The highest BCUT2D eigenvalue weighted by Crippen LogP contribution is 2.13. The first-order valence-electron chi connectivity index (χ1n) is 10.1. The van der Waals surface area contributed by atoms with Gasteiger partial charge in [0.25, 0.3) is 5.91 Å². The van der Waals surface area contributed by atoms with E-state index in [1.54, 1.807) is 18.2 Å². The molecule has 2 rings (SSSR count).